The maximum atomic E-state index is 12.2. The number of likely N-dealkylation sites (tertiary alicyclic amines) is 1. The summed E-state index contributed by atoms with van der Waals surface area (Å²) in [4.78, 5) is 25.5. The normalized spacial score (nSPS) is 20.4. The van der Waals surface area contributed by atoms with Gasteiger partial charge in [0.1, 0.15) is 0 Å². The fraction of sp³-hybridized carbons (Fsp3) is 0.550. The second-order valence-electron chi connectivity index (χ2n) is 8.01. The first-order chi connectivity index (χ1) is 13.1. The van der Waals surface area contributed by atoms with Crippen LogP contribution in [0.1, 0.15) is 45.2 Å². The fourth-order valence-corrected chi connectivity index (χ4v) is 4.03. The Morgan fingerprint density at radius 2 is 1.96 bits per heavy atom. The van der Waals surface area contributed by atoms with Gasteiger partial charge in [-0.05, 0) is 36.0 Å². The molecule has 3 N–H and O–H groups in total. The number of hydrogen-bond acceptors (Lipinski definition) is 4. The van der Waals surface area contributed by atoms with Crippen molar-refractivity contribution in [2.24, 2.45) is 5.41 Å². The van der Waals surface area contributed by atoms with Crippen molar-refractivity contribution in [3.8, 4) is 0 Å². The van der Waals surface area contributed by atoms with Gasteiger partial charge in [-0.1, -0.05) is 51.1 Å². The van der Waals surface area contributed by atoms with Gasteiger partial charge in [0, 0.05) is 13.1 Å². The highest BCUT2D eigenvalue weighted by atomic mass is 32.1. The molecule has 28 heavy (non-hydrogen) atoms. The number of nitrogens with zero attached hydrogens (tertiary/aromatic N) is 1. The third kappa shape index (κ3) is 4.55. The van der Waals surface area contributed by atoms with E-state index in [-0.39, 0.29) is 10.5 Å². The third-order valence-electron chi connectivity index (χ3n) is 5.50. The third-order valence-corrected chi connectivity index (χ3v) is 5.76. The summed E-state index contributed by atoms with van der Waals surface area (Å²) in [5.41, 5.74) is -0.138. The Labute approximate surface area is 171 Å². The van der Waals surface area contributed by atoms with Crippen LogP contribution in [0.25, 0.3) is 0 Å². The molecule has 1 aliphatic rings. The van der Waals surface area contributed by atoms with Crippen LogP contribution >= 0.6 is 12.2 Å². The monoisotopic (exact) mass is 407 g/mol. The summed E-state index contributed by atoms with van der Waals surface area (Å²) in [5.74, 6) is -0.450. The number of thiocarbonyl (C=S) groups is 1. The molecule has 7 nitrogen and oxygen atoms in total. The lowest BCUT2D eigenvalue weighted by Crippen LogP contribution is -2.62. The second-order valence-corrected chi connectivity index (χ2v) is 8.42. The molecule has 1 amide bonds. The molecule has 1 saturated heterocycles. The topological polar surface area (TPSA) is 90.9 Å². The molecule has 1 fully saturated rings. The van der Waals surface area contributed by atoms with Crippen molar-refractivity contribution in [1.29, 1.82) is 0 Å². The number of hydrogen-bond donors (Lipinski definition) is 3. The van der Waals surface area contributed by atoms with Gasteiger partial charge in [0.15, 0.2) is 11.2 Å². The molecule has 0 aliphatic carbocycles. The molecule has 0 unspecified atom stereocenters. The maximum absolute atomic E-state index is 12.2. The molecule has 0 radical (unpaired) electrons. The number of rotatable bonds is 5. The van der Waals surface area contributed by atoms with Gasteiger partial charge in [0.25, 0.3) is 0 Å². The molecule has 1 aliphatic heterocycles. The molecule has 1 aromatic rings. The molecule has 0 saturated carbocycles. The quantitative estimate of drug-likeness (QED) is 0.511. The number of carboxylic acid groups (broad SMARTS) is 1. The predicted molar refractivity (Wildman–Crippen MR) is 111 cm³/mol. The van der Waals surface area contributed by atoms with Crippen LogP contribution in [0.4, 0.5) is 4.79 Å². The first kappa shape index (κ1) is 21.9. The highest BCUT2D eigenvalue weighted by molar-refractivity contribution is 7.80. The zero-order valence-electron chi connectivity index (χ0n) is 16.8. The highest BCUT2D eigenvalue weighted by Crippen LogP contribution is 2.43. The number of benzene rings is 1. The minimum Gasteiger partial charge on any atom is -0.467 e. The van der Waals surface area contributed by atoms with Crippen LogP contribution in [0.5, 0.6) is 0 Å². The lowest BCUT2D eigenvalue weighted by Gasteiger charge is -2.47. The van der Waals surface area contributed by atoms with Crippen LogP contribution in [0.3, 0.4) is 0 Å². The molecular formula is C20H29N3O4S. The molecule has 2 atom stereocenters. The Morgan fingerprint density at radius 3 is 2.50 bits per heavy atom. The Hall–Kier alpha value is -2.35. The molecule has 1 aromatic carbocycles. The van der Waals surface area contributed by atoms with E-state index in [1.54, 1.807) is 0 Å². The first-order valence-corrected chi connectivity index (χ1v) is 9.71. The number of ether oxygens (including phenoxy) is 1. The van der Waals surface area contributed by atoms with Crippen LogP contribution in [-0.4, -0.2) is 52.9 Å². The Kier molecular flexibility index (Phi) is 6.87. The SMILES string of the molecule is COC(=O)[C@H](NC(=S)NC[C@@]1(C(C)(C)C)CCCN1C(=O)O)c1ccccc1. The molecule has 1 heterocycles. The standard InChI is InChI=1S/C20H29N3O4S/c1-19(2,3)20(11-8-12-23(20)18(25)26)13-21-17(28)22-15(16(24)27-4)14-9-6-5-7-10-14/h5-7,9-10,15H,8,11-13H2,1-4H3,(H,25,26)(H2,21,22,28)/t15-,20-/m1/s1. The van der Waals surface area contributed by atoms with Crippen molar-refractivity contribution in [3.63, 3.8) is 0 Å². The van der Waals surface area contributed by atoms with Gasteiger partial charge < -0.3 is 25.4 Å². The largest absolute Gasteiger partial charge is 0.467 e. The lowest BCUT2D eigenvalue weighted by atomic mass is 9.71. The predicted octanol–water partition coefficient (Wildman–Crippen LogP) is 2.92. The minimum absolute atomic E-state index is 0.278. The van der Waals surface area contributed by atoms with Gasteiger partial charge in [-0.2, -0.15) is 0 Å². The molecule has 0 bridgehead atoms. The number of nitrogens with one attached hydrogen (secondary N) is 2. The molecule has 2 rings (SSSR count). The van der Waals surface area contributed by atoms with Gasteiger partial charge in [-0.15, -0.1) is 0 Å². The van der Waals surface area contributed by atoms with Gasteiger partial charge in [0.2, 0.25) is 0 Å². The summed E-state index contributed by atoms with van der Waals surface area (Å²) in [6.45, 7) is 6.97. The van der Waals surface area contributed by atoms with Crippen LogP contribution in [0.15, 0.2) is 30.3 Å². The number of esters is 1. The number of carbonyl (C=O) groups is 2. The van der Waals surface area contributed by atoms with Gasteiger partial charge in [0.05, 0.1) is 12.6 Å². The van der Waals surface area contributed by atoms with Gasteiger partial charge in [-0.25, -0.2) is 9.59 Å². The van der Waals surface area contributed by atoms with E-state index >= 15 is 0 Å². The lowest BCUT2D eigenvalue weighted by molar-refractivity contribution is -0.142. The summed E-state index contributed by atoms with van der Waals surface area (Å²) in [7, 11) is 1.33. The Bertz CT molecular complexity index is 720. The van der Waals surface area contributed by atoms with E-state index in [2.05, 4.69) is 10.6 Å². The summed E-state index contributed by atoms with van der Waals surface area (Å²) in [6, 6.07) is 8.43. The van der Waals surface area contributed by atoms with Gasteiger partial charge in [-0.3, -0.25) is 0 Å². The Morgan fingerprint density at radius 1 is 1.32 bits per heavy atom. The fourth-order valence-electron chi connectivity index (χ4n) is 3.84. The van der Waals surface area contributed by atoms with E-state index < -0.39 is 23.6 Å². The zero-order chi connectivity index (χ0) is 20.9. The molecular weight excluding hydrogens is 378 g/mol. The molecule has 0 spiro atoms. The summed E-state index contributed by atoms with van der Waals surface area (Å²) >= 11 is 5.41. The minimum atomic E-state index is -0.926. The zero-order valence-corrected chi connectivity index (χ0v) is 17.6. The maximum Gasteiger partial charge on any atom is 0.407 e. The average Bonchev–Trinajstić information content (AvgIpc) is 3.10. The summed E-state index contributed by atoms with van der Waals surface area (Å²) < 4.78 is 4.89. The van der Waals surface area contributed by atoms with Crippen LogP contribution in [0.2, 0.25) is 0 Å². The van der Waals surface area contributed by atoms with Crippen LogP contribution in [-0.2, 0) is 9.53 Å². The van der Waals surface area contributed by atoms with E-state index in [9.17, 15) is 14.7 Å². The van der Waals surface area contributed by atoms with E-state index in [4.69, 9.17) is 17.0 Å². The number of methoxy groups -OCH3 is 1. The van der Waals surface area contributed by atoms with Crippen molar-refractivity contribution in [2.75, 3.05) is 20.2 Å². The second kappa shape index (κ2) is 8.77. The van der Waals surface area contributed by atoms with E-state index in [0.717, 1.165) is 18.4 Å². The smallest absolute Gasteiger partial charge is 0.407 e. The van der Waals surface area contributed by atoms with Crippen LogP contribution < -0.4 is 10.6 Å². The van der Waals surface area contributed by atoms with Crippen molar-refractivity contribution in [3.05, 3.63) is 35.9 Å². The molecule has 8 heteroatoms. The number of carbonyl (C=O) groups excluding carboxylic acids is 1. The summed E-state index contributed by atoms with van der Waals surface area (Å²) in [6.07, 6.45) is 0.627. The summed E-state index contributed by atoms with van der Waals surface area (Å²) in [5, 5.41) is 16.1. The highest BCUT2D eigenvalue weighted by Gasteiger charge is 2.51. The van der Waals surface area contributed by atoms with Gasteiger partial charge >= 0.3 is 12.1 Å². The van der Waals surface area contributed by atoms with E-state index in [1.807, 2.05) is 51.1 Å². The molecule has 0 aromatic heterocycles. The average molecular weight is 408 g/mol. The van der Waals surface area contributed by atoms with E-state index in [0.29, 0.717) is 13.1 Å². The first-order valence-electron chi connectivity index (χ1n) is 9.30. The molecule has 154 valence electrons. The van der Waals surface area contributed by atoms with Crippen LogP contribution in [0, 0.1) is 5.41 Å². The van der Waals surface area contributed by atoms with Crippen molar-refractivity contribution in [1.82, 2.24) is 15.5 Å². The van der Waals surface area contributed by atoms with Crippen molar-refractivity contribution >= 4 is 29.4 Å². The van der Waals surface area contributed by atoms with E-state index in [1.165, 1.54) is 12.0 Å². The van der Waals surface area contributed by atoms with Crippen molar-refractivity contribution < 1.29 is 19.4 Å². The van der Waals surface area contributed by atoms with Crippen molar-refractivity contribution in [2.45, 2.75) is 45.2 Å². The Balaban J connectivity index is 2.14. The number of amides is 1.